The number of hydrogen-bond donors (Lipinski definition) is 2. The summed E-state index contributed by atoms with van der Waals surface area (Å²) in [5.41, 5.74) is 0. The quantitative estimate of drug-likeness (QED) is 0.650. The van der Waals surface area contributed by atoms with Crippen LogP contribution in [0, 0.1) is 0 Å². The van der Waals surface area contributed by atoms with Gasteiger partial charge >= 0.3 is 0 Å². The maximum Gasteiger partial charge on any atom is 0.254 e. The first kappa shape index (κ1) is 11.3. The topological polar surface area (TPSA) is 60.8 Å². The number of alkyl halides is 2. The van der Waals surface area contributed by atoms with E-state index in [0.29, 0.717) is 6.92 Å². The van der Waals surface area contributed by atoms with Gasteiger partial charge in [-0.1, -0.05) is 0 Å². The number of β-amino-alcohol motifs (C(OH)–C–C–N with tert-alkyl or cyclic N) is 2. The largest absolute Gasteiger partial charge is 0.388 e. The van der Waals surface area contributed by atoms with Crippen molar-refractivity contribution < 1.29 is 23.8 Å². The molecule has 1 saturated heterocycles. The van der Waals surface area contributed by atoms with Crippen molar-refractivity contribution in [3.8, 4) is 0 Å². The van der Waals surface area contributed by atoms with Crippen molar-refractivity contribution in [1.82, 2.24) is 4.90 Å². The minimum Gasteiger partial charge on any atom is -0.388 e. The van der Waals surface area contributed by atoms with Gasteiger partial charge in [0, 0.05) is 13.1 Å². The lowest BCUT2D eigenvalue weighted by molar-refractivity contribution is -0.137. The number of hydrogen-bond acceptors (Lipinski definition) is 3. The maximum absolute atomic E-state index is 12.4. The lowest BCUT2D eigenvalue weighted by atomic mass is 10.2. The smallest absolute Gasteiger partial charge is 0.254 e. The lowest BCUT2D eigenvalue weighted by Gasteiger charge is -2.17. The van der Waals surface area contributed by atoms with Crippen molar-refractivity contribution in [1.29, 1.82) is 0 Å². The second-order valence-corrected chi connectivity index (χ2v) is 3.68. The third kappa shape index (κ3) is 2.88. The van der Waals surface area contributed by atoms with Crippen molar-refractivity contribution in [3.63, 3.8) is 0 Å². The number of aliphatic hydroxyl groups excluding tert-OH is 2. The summed E-state index contributed by atoms with van der Waals surface area (Å²) in [5, 5.41) is 18.2. The molecular weight excluding hydrogens is 196 g/mol. The summed E-state index contributed by atoms with van der Waals surface area (Å²) in [6, 6.07) is 0. The Morgan fingerprint density at radius 3 is 2.21 bits per heavy atom. The lowest BCUT2D eigenvalue weighted by Crippen LogP contribution is -2.33. The average molecular weight is 209 g/mol. The summed E-state index contributed by atoms with van der Waals surface area (Å²) in [5.74, 6) is -3.79. The summed E-state index contributed by atoms with van der Waals surface area (Å²) < 4.78 is 24.9. The number of aliphatic hydroxyl groups is 2. The van der Waals surface area contributed by atoms with E-state index in [1.165, 1.54) is 0 Å². The number of nitrogens with zero attached hydrogens (tertiary/aromatic N) is 1. The normalized spacial score (nSPS) is 28.2. The van der Waals surface area contributed by atoms with Crippen LogP contribution in [0.1, 0.15) is 13.3 Å². The molecule has 14 heavy (non-hydrogen) atoms. The number of likely N-dealkylation sites (tertiary alicyclic amines) is 1. The minimum atomic E-state index is -3.05. The van der Waals surface area contributed by atoms with Crippen molar-refractivity contribution in [2.24, 2.45) is 0 Å². The van der Waals surface area contributed by atoms with Crippen LogP contribution < -0.4 is 0 Å². The summed E-state index contributed by atoms with van der Waals surface area (Å²) in [4.78, 5) is 12.2. The summed E-state index contributed by atoms with van der Waals surface area (Å²) in [7, 11) is 0. The first-order chi connectivity index (χ1) is 6.29. The van der Waals surface area contributed by atoms with Gasteiger partial charge in [0.15, 0.2) is 0 Å². The molecule has 1 aliphatic heterocycles. The fourth-order valence-electron chi connectivity index (χ4n) is 1.35. The van der Waals surface area contributed by atoms with E-state index in [4.69, 9.17) is 10.2 Å². The van der Waals surface area contributed by atoms with E-state index < -0.39 is 30.5 Å². The molecule has 0 unspecified atom stereocenters. The first-order valence-electron chi connectivity index (χ1n) is 4.31. The molecule has 1 heterocycles. The molecule has 0 saturated carbocycles. The van der Waals surface area contributed by atoms with Gasteiger partial charge in [-0.25, -0.2) is 8.78 Å². The Hall–Kier alpha value is -0.750. The van der Waals surface area contributed by atoms with Crippen molar-refractivity contribution in [2.75, 3.05) is 13.1 Å². The van der Waals surface area contributed by atoms with E-state index >= 15 is 0 Å². The molecule has 6 heteroatoms. The zero-order chi connectivity index (χ0) is 10.9. The maximum atomic E-state index is 12.4. The minimum absolute atomic E-state index is 0.0733. The van der Waals surface area contributed by atoms with Gasteiger partial charge in [-0.2, -0.15) is 0 Å². The van der Waals surface area contributed by atoms with Crippen LogP contribution in [-0.2, 0) is 4.79 Å². The monoisotopic (exact) mass is 209 g/mol. The molecule has 1 rings (SSSR count). The van der Waals surface area contributed by atoms with Crippen LogP contribution >= 0.6 is 0 Å². The van der Waals surface area contributed by atoms with E-state index in [1.54, 1.807) is 0 Å². The third-order valence-corrected chi connectivity index (χ3v) is 2.07. The Morgan fingerprint density at radius 2 is 1.86 bits per heavy atom. The van der Waals surface area contributed by atoms with Crippen molar-refractivity contribution in [3.05, 3.63) is 0 Å². The highest BCUT2D eigenvalue weighted by atomic mass is 19.3. The SMILES string of the molecule is CC(F)(F)CC(=O)N1C[C@@H](O)[C@@H](O)C1. The molecule has 82 valence electrons. The van der Waals surface area contributed by atoms with Crippen LogP contribution in [0.5, 0.6) is 0 Å². The molecule has 0 aliphatic carbocycles. The predicted molar refractivity (Wildman–Crippen MR) is 43.8 cm³/mol. The molecule has 0 spiro atoms. The highest BCUT2D eigenvalue weighted by Crippen LogP contribution is 2.20. The molecule has 0 radical (unpaired) electrons. The highest BCUT2D eigenvalue weighted by Gasteiger charge is 2.35. The van der Waals surface area contributed by atoms with Gasteiger partial charge in [0.2, 0.25) is 5.91 Å². The number of halogens is 2. The highest BCUT2D eigenvalue weighted by molar-refractivity contribution is 5.77. The van der Waals surface area contributed by atoms with Gasteiger partial charge in [0.1, 0.15) is 0 Å². The van der Waals surface area contributed by atoms with Gasteiger partial charge in [0.25, 0.3) is 5.92 Å². The van der Waals surface area contributed by atoms with Crippen LogP contribution in [0.4, 0.5) is 8.78 Å². The standard InChI is InChI=1S/C8H13F2NO3/c1-8(9,10)2-7(14)11-3-5(12)6(13)4-11/h5-6,12-13H,2-4H2,1H3/t5-,6+. The van der Waals surface area contributed by atoms with Gasteiger partial charge in [-0.05, 0) is 6.92 Å². The van der Waals surface area contributed by atoms with E-state index in [2.05, 4.69) is 0 Å². The fraction of sp³-hybridized carbons (Fsp3) is 0.875. The molecule has 2 N–H and O–H groups in total. The second-order valence-electron chi connectivity index (χ2n) is 3.68. The molecular formula is C8H13F2NO3. The zero-order valence-electron chi connectivity index (χ0n) is 7.78. The van der Waals surface area contributed by atoms with Crippen LogP contribution in [0.25, 0.3) is 0 Å². The van der Waals surface area contributed by atoms with Crippen LogP contribution in [0.3, 0.4) is 0 Å². The number of carbonyl (C=O) groups is 1. The van der Waals surface area contributed by atoms with Gasteiger partial charge in [-0.15, -0.1) is 0 Å². The number of rotatable bonds is 2. The molecule has 1 fully saturated rings. The molecule has 1 amide bonds. The third-order valence-electron chi connectivity index (χ3n) is 2.07. The van der Waals surface area contributed by atoms with Crippen LogP contribution in [0.15, 0.2) is 0 Å². The molecule has 4 nitrogen and oxygen atoms in total. The number of carbonyl (C=O) groups excluding carboxylic acids is 1. The molecule has 0 aromatic carbocycles. The van der Waals surface area contributed by atoms with Crippen molar-refractivity contribution >= 4 is 5.91 Å². The Labute approximate surface area is 80.1 Å². The summed E-state index contributed by atoms with van der Waals surface area (Å²) in [6.45, 7) is 0.514. The molecule has 2 atom stereocenters. The van der Waals surface area contributed by atoms with Crippen LogP contribution in [-0.4, -0.2) is 52.2 Å². The average Bonchev–Trinajstić information content (AvgIpc) is 2.28. The molecule has 0 bridgehead atoms. The van der Waals surface area contributed by atoms with E-state index in [0.717, 1.165) is 4.90 Å². The second kappa shape index (κ2) is 3.78. The van der Waals surface area contributed by atoms with Gasteiger partial charge in [-0.3, -0.25) is 4.79 Å². The summed E-state index contributed by atoms with van der Waals surface area (Å²) >= 11 is 0. The Balaban J connectivity index is 2.48. The Morgan fingerprint density at radius 1 is 1.43 bits per heavy atom. The zero-order valence-corrected chi connectivity index (χ0v) is 7.78. The van der Waals surface area contributed by atoms with Crippen LogP contribution in [0.2, 0.25) is 0 Å². The van der Waals surface area contributed by atoms with Gasteiger partial charge in [0.05, 0.1) is 18.6 Å². The predicted octanol–water partition coefficient (Wildman–Crippen LogP) is -0.404. The molecule has 0 aromatic heterocycles. The fourth-order valence-corrected chi connectivity index (χ4v) is 1.35. The van der Waals surface area contributed by atoms with E-state index in [1.807, 2.05) is 0 Å². The number of amides is 1. The van der Waals surface area contributed by atoms with E-state index in [-0.39, 0.29) is 13.1 Å². The Bertz CT molecular complexity index is 219. The molecule has 0 aromatic rings. The molecule has 1 aliphatic rings. The first-order valence-corrected chi connectivity index (χ1v) is 4.31. The van der Waals surface area contributed by atoms with Crippen molar-refractivity contribution in [2.45, 2.75) is 31.5 Å². The van der Waals surface area contributed by atoms with E-state index in [9.17, 15) is 13.6 Å². The Kier molecular flexibility index (Phi) is 3.06. The summed E-state index contributed by atoms with van der Waals surface area (Å²) in [6.07, 6.45) is -2.93. The van der Waals surface area contributed by atoms with Gasteiger partial charge < -0.3 is 15.1 Å².